The lowest BCUT2D eigenvalue weighted by Gasteiger charge is -2.19. The first kappa shape index (κ1) is 30.8. The van der Waals surface area contributed by atoms with E-state index in [-0.39, 0.29) is 35.7 Å². The number of hydrogen-bond donors (Lipinski definition) is 7. The highest BCUT2D eigenvalue weighted by molar-refractivity contribution is 7.89. The number of carboxylic acids is 1. The van der Waals surface area contributed by atoms with Gasteiger partial charge in [0.15, 0.2) is 5.11 Å². The minimum absolute atomic E-state index is 0.0564. The number of rotatable bonds is 13. The third kappa shape index (κ3) is 10.5. The molecule has 0 saturated carbocycles. The Kier molecular flexibility index (Phi) is 11.7. The summed E-state index contributed by atoms with van der Waals surface area (Å²) in [5, 5.41) is 34.5. The number of phenolic OH excluding ortho intramolecular Hbond substituents is 1. The van der Waals surface area contributed by atoms with Crippen molar-refractivity contribution in [3.05, 3.63) is 53.1 Å². The molecule has 0 aliphatic heterocycles. The van der Waals surface area contributed by atoms with Crippen molar-refractivity contribution in [1.82, 2.24) is 16.0 Å². The van der Waals surface area contributed by atoms with Gasteiger partial charge in [0.2, 0.25) is 15.9 Å². The number of nitrogens with one attached hydrogen (secondary N) is 4. The summed E-state index contributed by atoms with van der Waals surface area (Å²) in [5.41, 5.74) is 0.254. The zero-order valence-corrected chi connectivity index (χ0v) is 22.5. The molecule has 12 nitrogen and oxygen atoms in total. The van der Waals surface area contributed by atoms with Crippen LogP contribution in [0.25, 0.3) is 0 Å². The molecule has 0 aliphatic rings. The lowest BCUT2D eigenvalue weighted by atomic mass is 10.1. The van der Waals surface area contributed by atoms with Gasteiger partial charge in [0.05, 0.1) is 11.4 Å². The predicted molar refractivity (Wildman–Crippen MR) is 146 cm³/mol. The number of sulfonamides is 1. The molecule has 2 rings (SSSR count). The number of halogens is 1. The van der Waals surface area contributed by atoms with Crippen LogP contribution in [0.3, 0.4) is 0 Å². The summed E-state index contributed by atoms with van der Waals surface area (Å²) in [4.78, 5) is 36.0. The highest BCUT2D eigenvalue weighted by Gasteiger charge is 2.23. The summed E-state index contributed by atoms with van der Waals surface area (Å²) >= 11 is 11.0. The lowest BCUT2D eigenvalue weighted by molar-refractivity contribution is -0.136. The number of thiocarbonyl (C=S) groups is 1. The van der Waals surface area contributed by atoms with Crippen LogP contribution < -0.4 is 26.4 Å². The maximum atomic E-state index is 13.0. The van der Waals surface area contributed by atoms with Gasteiger partial charge in [-0.05, 0) is 61.8 Å². The topological polar surface area (TPSA) is 200 Å². The standard InChI is InChI=1S/C23H28ClN5O7S2/c24-17-8-7-14(12-19(17)38(25,35)36)21(33)29-18(22(34)28-15-4-3-5-16(30)13-15)6-1-2-10-26-23(37)27-11-9-20(31)32/h3-5,7-8,12-13,18,30H,1-2,6,9-11H2,(H,28,34)(H,29,33)(H,31,32)(H2,25,35,36)(H2,26,27,37)/t18-/m0/s1. The fourth-order valence-electron chi connectivity index (χ4n) is 3.21. The molecule has 0 fully saturated rings. The summed E-state index contributed by atoms with van der Waals surface area (Å²) in [6.07, 6.45) is 1.17. The van der Waals surface area contributed by atoms with Crippen LogP contribution in [0.2, 0.25) is 5.02 Å². The monoisotopic (exact) mass is 585 g/mol. The minimum atomic E-state index is -4.18. The van der Waals surface area contributed by atoms with E-state index >= 15 is 0 Å². The molecule has 2 amide bonds. The molecule has 206 valence electrons. The number of nitrogens with two attached hydrogens (primary N) is 1. The number of primary sulfonamides is 1. The lowest BCUT2D eigenvalue weighted by Crippen LogP contribution is -2.44. The number of amides is 2. The first-order chi connectivity index (χ1) is 17.9. The maximum absolute atomic E-state index is 13.0. The van der Waals surface area contributed by atoms with E-state index in [0.29, 0.717) is 30.2 Å². The van der Waals surface area contributed by atoms with Gasteiger partial charge in [-0.1, -0.05) is 17.7 Å². The highest BCUT2D eigenvalue weighted by Crippen LogP contribution is 2.22. The van der Waals surface area contributed by atoms with Crippen molar-refractivity contribution in [3.63, 3.8) is 0 Å². The van der Waals surface area contributed by atoms with Gasteiger partial charge in [0.25, 0.3) is 5.91 Å². The molecule has 15 heteroatoms. The Hall–Kier alpha value is -3.46. The second-order valence-corrected chi connectivity index (χ2v) is 10.4. The van der Waals surface area contributed by atoms with Gasteiger partial charge in [-0.25, -0.2) is 13.6 Å². The van der Waals surface area contributed by atoms with Gasteiger partial charge in [-0.2, -0.15) is 0 Å². The van der Waals surface area contributed by atoms with Crippen molar-refractivity contribution in [1.29, 1.82) is 0 Å². The average molecular weight is 586 g/mol. The maximum Gasteiger partial charge on any atom is 0.305 e. The molecule has 0 spiro atoms. The molecule has 1 atom stereocenters. The van der Waals surface area contributed by atoms with Gasteiger partial charge in [-0.15, -0.1) is 0 Å². The van der Waals surface area contributed by atoms with Crippen LogP contribution in [0.4, 0.5) is 5.69 Å². The zero-order valence-electron chi connectivity index (χ0n) is 20.1. The molecule has 0 heterocycles. The van der Waals surface area contributed by atoms with Crippen LogP contribution in [-0.2, 0) is 19.6 Å². The van der Waals surface area contributed by atoms with E-state index in [1.54, 1.807) is 12.1 Å². The second-order valence-electron chi connectivity index (χ2n) is 8.08. The Balaban J connectivity index is 2.04. The molecule has 8 N–H and O–H groups in total. The smallest absolute Gasteiger partial charge is 0.305 e. The first-order valence-electron chi connectivity index (χ1n) is 11.3. The normalized spacial score (nSPS) is 11.7. The Morgan fingerprint density at radius 3 is 2.42 bits per heavy atom. The van der Waals surface area contributed by atoms with Gasteiger partial charge in [0, 0.05) is 30.4 Å². The number of anilines is 1. The van der Waals surface area contributed by atoms with Gasteiger partial charge >= 0.3 is 5.97 Å². The summed E-state index contributed by atoms with van der Waals surface area (Å²) in [6, 6.07) is 8.42. The molecule has 0 saturated heterocycles. The number of phenols is 1. The quantitative estimate of drug-likeness (QED) is 0.133. The van der Waals surface area contributed by atoms with Crippen LogP contribution in [0, 0.1) is 0 Å². The van der Waals surface area contributed by atoms with Crippen molar-refractivity contribution in [2.75, 3.05) is 18.4 Å². The van der Waals surface area contributed by atoms with E-state index in [1.807, 2.05) is 0 Å². The van der Waals surface area contributed by atoms with Gasteiger partial charge in [-0.3, -0.25) is 14.4 Å². The van der Waals surface area contributed by atoms with Crippen molar-refractivity contribution >= 4 is 62.4 Å². The van der Waals surface area contributed by atoms with Crippen molar-refractivity contribution in [3.8, 4) is 5.75 Å². The third-order valence-corrected chi connectivity index (χ3v) is 6.75. The first-order valence-corrected chi connectivity index (χ1v) is 13.7. The molecule has 0 aliphatic carbocycles. The Bertz CT molecular complexity index is 1290. The van der Waals surface area contributed by atoms with E-state index in [4.69, 9.17) is 34.1 Å². The van der Waals surface area contributed by atoms with Gasteiger partial charge in [0.1, 0.15) is 16.7 Å². The summed E-state index contributed by atoms with van der Waals surface area (Å²) < 4.78 is 23.5. The molecule has 0 unspecified atom stereocenters. The Morgan fingerprint density at radius 2 is 1.76 bits per heavy atom. The number of benzene rings is 2. The van der Waals surface area contributed by atoms with E-state index in [9.17, 15) is 27.9 Å². The van der Waals surface area contributed by atoms with Crippen LogP contribution in [0.15, 0.2) is 47.4 Å². The predicted octanol–water partition coefficient (Wildman–Crippen LogP) is 1.54. The van der Waals surface area contributed by atoms with Crippen LogP contribution in [-0.4, -0.2) is 60.7 Å². The second kappa shape index (κ2) is 14.5. The molecule has 2 aromatic carbocycles. The van der Waals surface area contributed by atoms with Crippen LogP contribution in [0.1, 0.15) is 36.0 Å². The molecular weight excluding hydrogens is 558 g/mol. The summed E-state index contributed by atoms with van der Waals surface area (Å²) in [7, 11) is -4.18. The SMILES string of the molecule is NS(=O)(=O)c1cc(C(=O)N[C@@H](CCCCNC(=S)NCCC(=O)O)C(=O)Nc2cccc(O)c2)ccc1Cl. The fraction of sp³-hybridized carbons (Fsp3) is 0.304. The van der Waals surface area contributed by atoms with Crippen LogP contribution >= 0.6 is 23.8 Å². The number of carbonyl (C=O) groups is 3. The molecule has 2 aromatic rings. The van der Waals surface area contributed by atoms with Crippen molar-refractivity contribution in [2.45, 2.75) is 36.6 Å². The fourth-order valence-corrected chi connectivity index (χ4v) is 4.48. The number of carbonyl (C=O) groups excluding carboxylic acids is 2. The molecule has 0 bridgehead atoms. The number of aromatic hydroxyl groups is 1. The number of aliphatic carboxylic acids is 1. The van der Waals surface area contributed by atoms with Crippen LogP contribution in [0.5, 0.6) is 5.75 Å². The van der Waals surface area contributed by atoms with E-state index in [1.165, 1.54) is 24.3 Å². The largest absolute Gasteiger partial charge is 0.508 e. The Labute approximate surface area is 230 Å². The average Bonchev–Trinajstić information content (AvgIpc) is 2.82. The summed E-state index contributed by atoms with van der Waals surface area (Å²) in [5.74, 6) is -2.27. The molecule has 0 radical (unpaired) electrons. The van der Waals surface area contributed by atoms with E-state index in [2.05, 4.69) is 21.3 Å². The summed E-state index contributed by atoms with van der Waals surface area (Å²) in [6.45, 7) is 0.616. The minimum Gasteiger partial charge on any atom is -0.508 e. The van der Waals surface area contributed by atoms with Crippen molar-refractivity contribution in [2.24, 2.45) is 5.14 Å². The number of carboxylic acid groups (broad SMARTS) is 1. The van der Waals surface area contributed by atoms with Crippen molar-refractivity contribution < 1.29 is 33.0 Å². The van der Waals surface area contributed by atoms with Gasteiger partial charge < -0.3 is 31.5 Å². The molecular formula is C23H28ClN5O7S2. The Morgan fingerprint density at radius 1 is 1.05 bits per heavy atom. The van der Waals surface area contributed by atoms with E-state index < -0.39 is 38.7 Å². The molecule has 0 aromatic heterocycles. The molecule has 38 heavy (non-hydrogen) atoms. The highest BCUT2D eigenvalue weighted by atomic mass is 35.5. The third-order valence-electron chi connectivity index (χ3n) is 5.06. The number of hydrogen-bond acceptors (Lipinski definition) is 7. The van der Waals surface area contributed by atoms with E-state index in [0.717, 1.165) is 6.07 Å². The zero-order chi connectivity index (χ0) is 28.3. The number of unbranched alkanes of at least 4 members (excludes halogenated alkanes) is 1.